The lowest BCUT2D eigenvalue weighted by atomic mass is 10.1. The fourth-order valence-electron chi connectivity index (χ4n) is 2.91. The van der Waals surface area contributed by atoms with Gasteiger partial charge >= 0.3 is 0 Å². The smallest absolute Gasteiger partial charge is 0.184 e. The Morgan fingerprint density at radius 2 is 1.96 bits per heavy atom. The Bertz CT molecular complexity index is 953. The number of carbonyl (C=O) groups excluding carboxylic acids is 1. The number of imidazole rings is 1. The Morgan fingerprint density at radius 1 is 1.25 bits per heavy atom. The SMILES string of the molecule is C=CCn1c(C)cc(C(=O)Cn2cnc3cc(F)c(F)cc32)c1C. The molecule has 4 nitrogen and oxygen atoms in total. The van der Waals surface area contributed by atoms with Gasteiger partial charge < -0.3 is 9.13 Å². The van der Waals surface area contributed by atoms with Crippen molar-refractivity contribution in [2.45, 2.75) is 26.9 Å². The van der Waals surface area contributed by atoms with Crippen molar-refractivity contribution in [3.8, 4) is 0 Å². The van der Waals surface area contributed by atoms with Crippen molar-refractivity contribution < 1.29 is 13.6 Å². The second-order valence-corrected chi connectivity index (χ2v) is 5.73. The Kier molecular flexibility index (Phi) is 4.05. The summed E-state index contributed by atoms with van der Waals surface area (Å²) in [5.41, 5.74) is 3.15. The number of aromatic nitrogens is 3. The van der Waals surface area contributed by atoms with Gasteiger partial charge in [-0.2, -0.15) is 0 Å². The predicted molar refractivity (Wildman–Crippen MR) is 88.1 cm³/mol. The molecule has 0 aliphatic heterocycles. The number of halogens is 2. The van der Waals surface area contributed by atoms with Gasteiger partial charge in [-0.05, 0) is 19.9 Å². The number of aryl methyl sites for hydroxylation is 1. The van der Waals surface area contributed by atoms with Crippen molar-refractivity contribution >= 4 is 16.8 Å². The summed E-state index contributed by atoms with van der Waals surface area (Å²) in [5, 5.41) is 0. The first-order chi connectivity index (χ1) is 11.4. The maximum atomic E-state index is 13.5. The van der Waals surface area contributed by atoms with Gasteiger partial charge in [-0.25, -0.2) is 13.8 Å². The number of Topliss-reactive ketones (excluding diaryl/α,β-unsaturated/α-hetero) is 1. The molecule has 0 saturated carbocycles. The Hall–Kier alpha value is -2.76. The van der Waals surface area contributed by atoms with Crippen molar-refractivity contribution in [3.63, 3.8) is 0 Å². The molecular weight excluding hydrogens is 312 g/mol. The van der Waals surface area contributed by atoms with E-state index in [1.54, 1.807) is 6.08 Å². The molecule has 0 aliphatic carbocycles. The van der Waals surface area contributed by atoms with Crippen molar-refractivity contribution in [2.75, 3.05) is 0 Å². The van der Waals surface area contributed by atoms with Gasteiger partial charge in [0.25, 0.3) is 0 Å². The van der Waals surface area contributed by atoms with Crippen LogP contribution in [0, 0.1) is 25.5 Å². The number of benzene rings is 1. The third-order valence-electron chi connectivity index (χ3n) is 4.16. The average molecular weight is 329 g/mol. The first kappa shape index (κ1) is 16.1. The van der Waals surface area contributed by atoms with E-state index in [2.05, 4.69) is 11.6 Å². The molecule has 6 heteroatoms. The number of allylic oxidation sites excluding steroid dienone is 1. The molecule has 0 atom stereocenters. The third-order valence-corrected chi connectivity index (χ3v) is 4.16. The number of carbonyl (C=O) groups is 1. The maximum absolute atomic E-state index is 13.5. The summed E-state index contributed by atoms with van der Waals surface area (Å²) >= 11 is 0. The number of hydrogen-bond acceptors (Lipinski definition) is 2. The van der Waals surface area contributed by atoms with E-state index >= 15 is 0 Å². The second-order valence-electron chi connectivity index (χ2n) is 5.73. The summed E-state index contributed by atoms with van der Waals surface area (Å²) < 4.78 is 30.2. The van der Waals surface area contributed by atoms with E-state index in [4.69, 9.17) is 0 Å². The van der Waals surface area contributed by atoms with Gasteiger partial charge in [-0.1, -0.05) is 6.08 Å². The molecule has 0 unspecified atom stereocenters. The summed E-state index contributed by atoms with van der Waals surface area (Å²) in [4.78, 5) is 16.7. The lowest BCUT2D eigenvalue weighted by molar-refractivity contribution is 0.0972. The van der Waals surface area contributed by atoms with E-state index in [0.717, 1.165) is 23.5 Å². The van der Waals surface area contributed by atoms with Crippen molar-refractivity contribution in [3.05, 3.63) is 65.8 Å². The van der Waals surface area contributed by atoms with Gasteiger partial charge in [0.15, 0.2) is 17.4 Å². The van der Waals surface area contributed by atoms with Crippen LogP contribution >= 0.6 is 0 Å². The van der Waals surface area contributed by atoms with E-state index in [9.17, 15) is 13.6 Å². The molecule has 2 aromatic heterocycles. The second kappa shape index (κ2) is 6.03. The third kappa shape index (κ3) is 2.64. The minimum atomic E-state index is -0.958. The average Bonchev–Trinajstić information content (AvgIpc) is 3.04. The number of hydrogen-bond donors (Lipinski definition) is 0. The Labute approximate surface area is 138 Å². The van der Waals surface area contributed by atoms with E-state index in [-0.39, 0.29) is 12.3 Å². The molecule has 0 saturated heterocycles. The van der Waals surface area contributed by atoms with Crippen LogP contribution in [-0.4, -0.2) is 19.9 Å². The van der Waals surface area contributed by atoms with Crippen LogP contribution in [0.3, 0.4) is 0 Å². The van der Waals surface area contributed by atoms with Gasteiger partial charge in [-0.15, -0.1) is 6.58 Å². The molecule has 0 spiro atoms. The fraction of sp³-hybridized carbons (Fsp3) is 0.222. The number of ketones is 1. The lowest BCUT2D eigenvalue weighted by Gasteiger charge is -2.07. The first-order valence-corrected chi connectivity index (χ1v) is 7.53. The first-order valence-electron chi connectivity index (χ1n) is 7.53. The monoisotopic (exact) mass is 329 g/mol. The molecule has 0 fully saturated rings. The molecular formula is C18H17F2N3O. The van der Waals surface area contributed by atoms with Crippen molar-refractivity contribution in [2.24, 2.45) is 0 Å². The van der Waals surface area contributed by atoms with Crippen LogP contribution in [0.15, 0.2) is 37.2 Å². The normalized spacial score (nSPS) is 11.2. The highest BCUT2D eigenvalue weighted by Gasteiger charge is 2.17. The van der Waals surface area contributed by atoms with Crippen molar-refractivity contribution in [1.82, 2.24) is 14.1 Å². The molecule has 3 aromatic rings. The van der Waals surface area contributed by atoms with Gasteiger partial charge in [0.05, 0.1) is 23.9 Å². The topological polar surface area (TPSA) is 39.8 Å². The van der Waals surface area contributed by atoms with E-state index in [1.165, 1.54) is 10.9 Å². The quantitative estimate of drug-likeness (QED) is 0.527. The molecule has 3 rings (SSSR count). The van der Waals surface area contributed by atoms with Crippen LogP contribution in [0.2, 0.25) is 0 Å². The van der Waals surface area contributed by atoms with Crippen LogP contribution in [0.5, 0.6) is 0 Å². The zero-order valence-corrected chi connectivity index (χ0v) is 13.5. The predicted octanol–water partition coefficient (Wildman–Crippen LogP) is 3.80. The molecule has 2 heterocycles. The summed E-state index contributed by atoms with van der Waals surface area (Å²) in [6, 6.07) is 3.92. The summed E-state index contributed by atoms with van der Waals surface area (Å²) in [6.45, 7) is 8.17. The van der Waals surface area contributed by atoms with Crippen LogP contribution in [0.4, 0.5) is 8.78 Å². The van der Waals surface area contributed by atoms with Crippen LogP contribution in [-0.2, 0) is 13.1 Å². The van der Waals surface area contributed by atoms with Crippen LogP contribution in [0.25, 0.3) is 11.0 Å². The number of rotatable bonds is 5. The summed E-state index contributed by atoms with van der Waals surface area (Å²) in [6.07, 6.45) is 3.19. The zero-order valence-electron chi connectivity index (χ0n) is 13.5. The standard InChI is InChI=1S/C18H17F2N3O/c1-4-5-23-11(2)6-13(12(23)3)18(24)9-22-10-21-16-7-14(19)15(20)8-17(16)22/h4,6-8,10H,1,5,9H2,2-3H3. The van der Waals surface area contributed by atoms with Gasteiger partial charge in [0.2, 0.25) is 0 Å². The molecule has 0 N–H and O–H groups in total. The zero-order chi connectivity index (χ0) is 17.4. The van der Waals surface area contributed by atoms with E-state index in [0.29, 0.717) is 23.1 Å². The van der Waals surface area contributed by atoms with E-state index in [1.807, 2.05) is 24.5 Å². The van der Waals surface area contributed by atoms with Gasteiger partial charge in [0.1, 0.15) is 0 Å². The maximum Gasteiger partial charge on any atom is 0.184 e. The highest BCUT2D eigenvalue weighted by Crippen LogP contribution is 2.20. The molecule has 0 aliphatic rings. The molecule has 124 valence electrons. The minimum Gasteiger partial charge on any atom is -0.345 e. The largest absolute Gasteiger partial charge is 0.345 e. The number of nitrogens with zero attached hydrogens (tertiary/aromatic N) is 3. The van der Waals surface area contributed by atoms with E-state index < -0.39 is 11.6 Å². The highest BCUT2D eigenvalue weighted by atomic mass is 19.2. The van der Waals surface area contributed by atoms with Gasteiger partial charge in [-0.3, -0.25) is 4.79 Å². The Morgan fingerprint density at radius 3 is 2.67 bits per heavy atom. The fourth-order valence-corrected chi connectivity index (χ4v) is 2.91. The summed E-state index contributed by atoms with van der Waals surface area (Å²) in [5.74, 6) is -2.02. The molecule has 24 heavy (non-hydrogen) atoms. The van der Waals surface area contributed by atoms with Crippen LogP contribution < -0.4 is 0 Å². The molecule has 0 amide bonds. The molecule has 0 bridgehead atoms. The Balaban J connectivity index is 1.95. The molecule has 0 radical (unpaired) electrons. The lowest BCUT2D eigenvalue weighted by Crippen LogP contribution is -2.11. The highest BCUT2D eigenvalue weighted by molar-refractivity contribution is 5.98. The summed E-state index contributed by atoms with van der Waals surface area (Å²) in [7, 11) is 0. The van der Waals surface area contributed by atoms with Crippen molar-refractivity contribution in [1.29, 1.82) is 0 Å². The minimum absolute atomic E-state index is 0.0138. The number of fused-ring (bicyclic) bond motifs is 1. The van der Waals surface area contributed by atoms with Crippen LogP contribution in [0.1, 0.15) is 21.7 Å². The molecule has 1 aromatic carbocycles. The van der Waals surface area contributed by atoms with Gasteiger partial charge in [0, 0.05) is 35.6 Å².